The zero-order valence-electron chi connectivity index (χ0n) is 14.1. The predicted molar refractivity (Wildman–Crippen MR) is 95.9 cm³/mol. The smallest absolute Gasteiger partial charge is 0.317 e. The van der Waals surface area contributed by atoms with Gasteiger partial charge in [-0.2, -0.15) is 13.2 Å². The lowest BCUT2D eigenvalue weighted by atomic mass is 10.3. The first kappa shape index (κ1) is 19.6. The summed E-state index contributed by atoms with van der Waals surface area (Å²) >= 11 is 7.07. The molecule has 0 radical (unpaired) electrons. The molecule has 0 aliphatic heterocycles. The molecule has 0 bridgehead atoms. The highest BCUT2D eigenvalue weighted by atomic mass is 35.5. The number of halogens is 4. The third-order valence-electron chi connectivity index (χ3n) is 3.74. The summed E-state index contributed by atoms with van der Waals surface area (Å²) in [4.78, 5) is 23.3. The van der Waals surface area contributed by atoms with Crippen molar-refractivity contribution in [1.29, 1.82) is 0 Å². The Kier molecular flexibility index (Phi) is 5.71. The first-order chi connectivity index (χ1) is 12.8. The van der Waals surface area contributed by atoms with Gasteiger partial charge in [0.1, 0.15) is 11.3 Å². The second kappa shape index (κ2) is 7.85. The van der Waals surface area contributed by atoms with E-state index in [9.17, 15) is 18.0 Å². The van der Waals surface area contributed by atoms with Gasteiger partial charge in [-0.25, -0.2) is 15.0 Å². The van der Waals surface area contributed by atoms with E-state index < -0.39 is 11.7 Å². The highest BCUT2D eigenvalue weighted by Crippen LogP contribution is 2.36. The lowest BCUT2D eigenvalue weighted by Gasteiger charge is -2.10. The van der Waals surface area contributed by atoms with Crippen LogP contribution in [0.1, 0.15) is 24.1 Å². The Balaban J connectivity index is 1.98. The Labute approximate surface area is 162 Å². The van der Waals surface area contributed by atoms with Crippen LogP contribution in [0.2, 0.25) is 5.02 Å². The number of aryl methyl sites for hydroxylation is 2. The number of aromatic nitrogens is 4. The maximum atomic E-state index is 12.8. The van der Waals surface area contributed by atoms with Crippen molar-refractivity contribution in [3.05, 3.63) is 40.7 Å². The molecule has 0 atom stereocenters. The number of hydrogen-bond donors (Lipinski definition) is 0. The number of carbonyl (C=O) groups excluding carboxylic acids is 1. The Hall–Kier alpha value is -2.13. The van der Waals surface area contributed by atoms with Gasteiger partial charge in [-0.1, -0.05) is 11.6 Å². The molecule has 0 unspecified atom stereocenters. The van der Waals surface area contributed by atoms with Crippen molar-refractivity contribution in [3.63, 3.8) is 0 Å². The molecule has 0 aliphatic rings. The van der Waals surface area contributed by atoms with Crippen molar-refractivity contribution < 1.29 is 18.0 Å². The Bertz CT molecular complexity index is 990. The van der Waals surface area contributed by atoms with E-state index in [1.165, 1.54) is 0 Å². The Morgan fingerprint density at radius 1 is 1.30 bits per heavy atom. The molecular formula is C17H14ClF3N4OS. The molecule has 0 saturated heterocycles. The summed E-state index contributed by atoms with van der Waals surface area (Å²) < 4.78 is 40.2. The van der Waals surface area contributed by atoms with Crippen LogP contribution >= 0.6 is 23.4 Å². The van der Waals surface area contributed by atoms with E-state index in [-0.39, 0.29) is 10.0 Å². The number of alkyl halides is 3. The largest absolute Gasteiger partial charge is 0.417 e. The molecule has 3 aromatic heterocycles. The van der Waals surface area contributed by atoms with Crippen LogP contribution in [0, 0.1) is 6.92 Å². The zero-order valence-corrected chi connectivity index (χ0v) is 15.7. The Morgan fingerprint density at radius 3 is 2.74 bits per heavy atom. The molecule has 3 aromatic rings. The van der Waals surface area contributed by atoms with Crippen LogP contribution in [-0.2, 0) is 17.5 Å². The van der Waals surface area contributed by atoms with Crippen LogP contribution in [0.4, 0.5) is 13.2 Å². The molecule has 0 aliphatic carbocycles. The second-order valence-electron chi connectivity index (χ2n) is 5.76. The average molecular weight is 415 g/mol. The number of imidazole rings is 1. The minimum Gasteiger partial charge on any atom is -0.317 e. The summed E-state index contributed by atoms with van der Waals surface area (Å²) in [5.41, 5.74) is 1.18. The summed E-state index contributed by atoms with van der Waals surface area (Å²) in [5, 5.41) is 0.613. The van der Waals surface area contributed by atoms with Gasteiger partial charge in [-0.05, 0) is 43.3 Å². The van der Waals surface area contributed by atoms with E-state index in [2.05, 4.69) is 15.0 Å². The summed E-state index contributed by atoms with van der Waals surface area (Å²) in [6, 6.07) is 4.56. The molecule has 27 heavy (non-hydrogen) atoms. The van der Waals surface area contributed by atoms with Crippen LogP contribution in [0.15, 0.2) is 34.6 Å². The van der Waals surface area contributed by atoms with Crippen LogP contribution in [-0.4, -0.2) is 25.8 Å². The van der Waals surface area contributed by atoms with Crippen LogP contribution in [0.5, 0.6) is 0 Å². The quantitative estimate of drug-likeness (QED) is 0.422. The molecule has 0 fully saturated rings. The third kappa shape index (κ3) is 4.41. The molecule has 10 heteroatoms. The fraction of sp³-hybridized carbons (Fsp3) is 0.294. The van der Waals surface area contributed by atoms with E-state index in [0.717, 1.165) is 41.5 Å². The van der Waals surface area contributed by atoms with Crippen molar-refractivity contribution >= 4 is 40.8 Å². The molecule has 142 valence electrons. The topological polar surface area (TPSA) is 60.7 Å². The van der Waals surface area contributed by atoms with Crippen molar-refractivity contribution in [2.75, 3.05) is 0 Å². The summed E-state index contributed by atoms with van der Waals surface area (Å²) in [7, 11) is 0. The van der Waals surface area contributed by atoms with Crippen molar-refractivity contribution in [2.24, 2.45) is 0 Å². The fourth-order valence-corrected chi connectivity index (χ4v) is 3.60. The van der Waals surface area contributed by atoms with E-state index in [0.29, 0.717) is 30.2 Å². The average Bonchev–Trinajstić information content (AvgIpc) is 2.92. The number of rotatable bonds is 6. The van der Waals surface area contributed by atoms with Crippen molar-refractivity contribution in [2.45, 2.75) is 42.7 Å². The molecule has 0 aromatic carbocycles. The van der Waals surface area contributed by atoms with Gasteiger partial charge >= 0.3 is 6.18 Å². The summed E-state index contributed by atoms with van der Waals surface area (Å²) in [5.74, 6) is 0. The summed E-state index contributed by atoms with van der Waals surface area (Å²) in [6.45, 7) is 2.35. The third-order valence-corrected chi connectivity index (χ3v) is 5.16. The maximum absolute atomic E-state index is 12.8. The Morgan fingerprint density at radius 2 is 2.07 bits per heavy atom. The number of nitrogens with zero attached hydrogens (tertiary/aromatic N) is 4. The zero-order chi connectivity index (χ0) is 19.6. The van der Waals surface area contributed by atoms with E-state index in [1.54, 1.807) is 0 Å². The molecule has 3 rings (SSSR count). The fourth-order valence-electron chi connectivity index (χ4n) is 2.45. The highest BCUT2D eigenvalue weighted by Gasteiger charge is 2.31. The molecule has 3 heterocycles. The van der Waals surface area contributed by atoms with Crippen molar-refractivity contribution in [1.82, 2.24) is 19.5 Å². The maximum Gasteiger partial charge on any atom is 0.417 e. The number of unbranched alkanes of at least 4 members (excludes halogenated alkanes) is 1. The normalized spacial score (nSPS) is 11.9. The van der Waals surface area contributed by atoms with Crippen LogP contribution < -0.4 is 0 Å². The first-order valence-electron chi connectivity index (χ1n) is 7.97. The molecule has 0 spiro atoms. The van der Waals surface area contributed by atoms with Crippen LogP contribution in [0.3, 0.4) is 0 Å². The monoisotopic (exact) mass is 414 g/mol. The van der Waals surface area contributed by atoms with E-state index in [1.807, 2.05) is 23.6 Å². The number of pyridine rings is 2. The van der Waals surface area contributed by atoms with Gasteiger partial charge in [-0.15, -0.1) is 0 Å². The van der Waals surface area contributed by atoms with Gasteiger partial charge < -0.3 is 9.36 Å². The standard InChI is InChI=1S/C17H14ClF3N4OS/c1-10-4-5-13-14(23-10)24-16(25(13)6-2-3-7-26)27-15-12(18)8-11(9-22-15)17(19,20)21/h4-5,7-9H,2-3,6H2,1H3. The minimum absolute atomic E-state index is 0.106. The molecule has 0 saturated carbocycles. The van der Waals surface area contributed by atoms with Gasteiger partial charge in [0.2, 0.25) is 0 Å². The molecule has 0 N–H and O–H groups in total. The number of carbonyl (C=O) groups is 1. The van der Waals surface area contributed by atoms with Crippen molar-refractivity contribution in [3.8, 4) is 0 Å². The first-order valence-corrected chi connectivity index (χ1v) is 9.17. The second-order valence-corrected chi connectivity index (χ2v) is 7.12. The number of fused-ring (bicyclic) bond motifs is 1. The lowest BCUT2D eigenvalue weighted by Crippen LogP contribution is -2.06. The number of hydrogen-bond acceptors (Lipinski definition) is 5. The van der Waals surface area contributed by atoms with Gasteiger partial charge in [0.15, 0.2) is 10.8 Å². The van der Waals surface area contributed by atoms with Gasteiger partial charge in [0, 0.05) is 24.9 Å². The lowest BCUT2D eigenvalue weighted by molar-refractivity contribution is -0.137. The SMILES string of the molecule is Cc1ccc2c(n1)nc(Sc1ncc(C(F)(F)F)cc1Cl)n2CCCC=O. The van der Waals surface area contributed by atoms with Gasteiger partial charge in [0.25, 0.3) is 0 Å². The predicted octanol–water partition coefficient (Wildman–Crippen LogP) is 4.94. The van der Waals surface area contributed by atoms with Gasteiger partial charge in [0.05, 0.1) is 16.1 Å². The summed E-state index contributed by atoms with van der Waals surface area (Å²) in [6.07, 6.45) is -1.94. The number of aldehydes is 1. The van der Waals surface area contributed by atoms with Crippen LogP contribution in [0.25, 0.3) is 11.2 Å². The molecule has 5 nitrogen and oxygen atoms in total. The molecular weight excluding hydrogens is 401 g/mol. The minimum atomic E-state index is -4.51. The van der Waals surface area contributed by atoms with E-state index in [4.69, 9.17) is 11.6 Å². The van der Waals surface area contributed by atoms with Gasteiger partial charge in [-0.3, -0.25) is 0 Å². The highest BCUT2D eigenvalue weighted by molar-refractivity contribution is 7.99. The molecule has 0 amide bonds. The van der Waals surface area contributed by atoms with E-state index >= 15 is 0 Å².